The van der Waals surface area contributed by atoms with Gasteiger partial charge in [0.15, 0.2) is 5.13 Å². The van der Waals surface area contributed by atoms with Gasteiger partial charge in [-0.2, -0.15) is 0 Å². The SMILES string of the molecule is O=C(Nc1ccc(SC(C(=O)Nc2nc(-c3ccccc3)cs2)c2ccccc2)cc1)/C(=C/c1cccc(Br)c1)NC(=O)c1ccccc1. The van der Waals surface area contributed by atoms with Crippen molar-refractivity contribution in [3.8, 4) is 11.3 Å². The standard InChI is InChI=1S/C39H29BrN4O3S2/c40-30-18-10-11-26(23-30)24-33(42-36(45)29-16-8-3-9-17-29)37(46)41-31-19-21-32(22-20-31)49-35(28-14-6-2-7-15-28)38(47)44-39-43-34(25-48-39)27-12-4-1-5-13-27/h1-25,35H,(H,41,46)(H,42,45)(H,43,44,47)/b33-24-. The van der Waals surface area contributed by atoms with Gasteiger partial charge in [-0.3, -0.25) is 14.4 Å². The molecule has 0 saturated heterocycles. The number of hydrogen-bond acceptors (Lipinski definition) is 6. The summed E-state index contributed by atoms with van der Waals surface area (Å²) in [6.45, 7) is 0. The Morgan fingerprint density at radius 3 is 2.12 bits per heavy atom. The molecule has 10 heteroatoms. The van der Waals surface area contributed by atoms with Gasteiger partial charge in [-0.15, -0.1) is 23.1 Å². The fraction of sp³-hybridized carbons (Fsp3) is 0.0256. The van der Waals surface area contributed by atoms with Crippen LogP contribution in [0.15, 0.2) is 160 Å². The average Bonchev–Trinajstić information content (AvgIpc) is 3.60. The first-order chi connectivity index (χ1) is 23.9. The molecule has 0 aliphatic rings. The van der Waals surface area contributed by atoms with E-state index in [9.17, 15) is 14.4 Å². The molecule has 0 bridgehead atoms. The number of amides is 3. The van der Waals surface area contributed by atoms with Crippen LogP contribution in [0, 0.1) is 0 Å². The van der Waals surface area contributed by atoms with E-state index in [-0.39, 0.29) is 11.6 Å². The highest BCUT2D eigenvalue weighted by Gasteiger charge is 2.23. The smallest absolute Gasteiger partial charge is 0.272 e. The van der Waals surface area contributed by atoms with E-state index in [0.29, 0.717) is 16.4 Å². The second kappa shape index (κ2) is 16.2. The maximum Gasteiger partial charge on any atom is 0.272 e. The quantitative estimate of drug-likeness (QED) is 0.0907. The molecule has 1 aromatic heterocycles. The first-order valence-electron chi connectivity index (χ1n) is 15.2. The zero-order valence-electron chi connectivity index (χ0n) is 25.9. The normalized spacial score (nSPS) is 11.7. The lowest BCUT2D eigenvalue weighted by Gasteiger charge is -2.17. The monoisotopic (exact) mass is 744 g/mol. The van der Waals surface area contributed by atoms with Crippen LogP contribution < -0.4 is 16.0 Å². The Morgan fingerprint density at radius 1 is 0.755 bits per heavy atom. The number of benzene rings is 5. The number of hydrogen-bond donors (Lipinski definition) is 3. The molecule has 0 radical (unpaired) electrons. The van der Waals surface area contributed by atoms with E-state index in [4.69, 9.17) is 0 Å². The van der Waals surface area contributed by atoms with Crippen LogP contribution in [0.1, 0.15) is 26.7 Å². The van der Waals surface area contributed by atoms with Crippen LogP contribution in [0.2, 0.25) is 0 Å². The van der Waals surface area contributed by atoms with Crippen molar-refractivity contribution in [1.82, 2.24) is 10.3 Å². The van der Waals surface area contributed by atoms with Crippen LogP contribution in [0.25, 0.3) is 17.3 Å². The Balaban J connectivity index is 1.17. The number of halogens is 1. The average molecular weight is 746 g/mol. The summed E-state index contributed by atoms with van der Waals surface area (Å²) in [5.74, 6) is -1.08. The van der Waals surface area contributed by atoms with E-state index < -0.39 is 17.1 Å². The van der Waals surface area contributed by atoms with Gasteiger partial charge in [0.1, 0.15) is 10.9 Å². The third-order valence-corrected chi connectivity index (χ3v) is 9.72. The molecule has 1 unspecified atom stereocenters. The molecule has 242 valence electrons. The van der Waals surface area contributed by atoms with E-state index >= 15 is 0 Å². The fourth-order valence-corrected chi connectivity index (χ4v) is 6.97. The molecule has 5 aromatic carbocycles. The van der Waals surface area contributed by atoms with Crippen molar-refractivity contribution >= 4 is 73.6 Å². The Bertz CT molecular complexity index is 2090. The first-order valence-corrected chi connectivity index (χ1v) is 17.7. The minimum Gasteiger partial charge on any atom is -0.321 e. The van der Waals surface area contributed by atoms with Gasteiger partial charge in [0, 0.05) is 31.6 Å². The fourth-order valence-electron chi connectivity index (χ4n) is 4.80. The van der Waals surface area contributed by atoms with Crippen molar-refractivity contribution in [2.45, 2.75) is 10.1 Å². The van der Waals surface area contributed by atoms with Crippen molar-refractivity contribution in [2.24, 2.45) is 0 Å². The Kier molecular flexibility index (Phi) is 11.1. The van der Waals surface area contributed by atoms with Gasteiger partial charge in [-0.1, -0.05) is 107 Å². The molecule has 1 heterocycles. The minimum atomic E-state index is -0.557. The molecular weight excluding hydrogens is 716 g/mol. The summed E-state index contributed by atoms with van der Waals surface area (Å²) in [4.78, 5) is 45.6. The van der Waals surface area contributed by atoms with E-state index in [1.54, 1.807) is 42.5 Å². The summed E-state index contributed by atoms with van der Waals surface area (Å²) < 4.78 is 0.842. The molecular formula is C39H29BrN4O3S2. The van der Waals surface area contributed by atoms with Crippen LogP contribution in [-0.2, 0) is 9.59 Å². The maximum absolute atomic E-state index is 13.6. The predicted octanol–water partition coefficient (Wildman–Crippen LogP) is 9.45. The number of thiazole rings is 1. The van der Waals surface area contributed by atoms with Crippen molar-refractivity contribution in [3.05, 3.63) is 172 Å². The van der Waals surface area contributed by atoms with Gasteiger partial charge in [0.05, 0.1) is 5.69 Å². The number of rotatable bonds is 11. The molecule has 1 atom stereocenters. The van der Waals surface area contributed by atoms with E-state index in [0.717, 1.165) is 31.8 Å². The lowest BCUT2D eigenvalue weighted by molar-refractivity contribution is -0.116. The van der Waals surface area contributed by atoms with E-state index in [1.165, 1.54) is 23.1 Å². The van der Waals surface area contributed by atoms with Crippen molar-refractivity contribution in [3.63, 3.8) is 0 Å². The summed E-state index contributed by atoms with van der Waals surface area (Å²) in [5, 5.41) is 10.5. The van der Waals surface area contributed by atoms with Crippen LogP contribution in [0.3, 0.4) is 0 Å². The Labute approximate surface area is 300 Å². The topological polar surface area (TPSA) is 100 Å². The molecule has 0 aliphatic carbocycles. The molecule has 6 rings (SSSR count). The third-order valence-electron chi connectivity index (χ3n) is 7.20. The summed E-state index contributed by atoms with van der Waals surface area (Å²) in [7, 11) is 0. The zero-order valence-corrected chi connectivity index (χ0v) is 29.1. The van der Waals surface area contributed by atoms with Gasteiger partial charge >= 0.3 is 0 Å². The number of carbonyl (C=O) groups excluding carboxylic acids is 3. The number of carbonyl (C=O) groups is 3. The summed E-state index contributed by atoms with van der Waals surface area (Å²) >= 11 is 6.23. The summed E-state index contributed by atoms with van der Waals surface area (Å²) in [6, 6.07) is 42.8. The second-order valence-corrected chi connectivity index (χ2v) is 13.7. The second-order valence-electron chi connectivity index (χ2n) is 10.7. The van der Waals surface area contributed by atoms with Crippen LogP contribution in [0.4, 0.5) is 10.8 Å². The molecule has 0 fully saturated rings. The summed E-state index contributed by atoms with van der Waals surface area (Å²) in [5.41, 5.74) is 4.41. The molecule has 0 aliphatic heterocycles. The maximum atomic E-state index is 13.6. The summed E-state index contributed by atoms with van der Waals surface area (Å²) in [6.07, 6.45) is 1.62. The largest absolute Gasteiger partial charge is 0.321 e. The number of anilines is 2. The van der Waals surface area contributed by atoms with Crippen LogP contribution in [-0.4, -0.2) is 22.7 Å². The number of thioether (sulfide) groups is 1. The number of nitrogens with zero attached hydrogens (tertiary/aromatic N) is 1. The lowest BCUT2D eigenvalue weighted by Crippen LogP contribution is -2.30. The molecule has 0 saturated carbocycles. The third kappa shape index (κ3) is 9.20. The minimum absolute atomic E-state index is 0.0869. The first kappa shape index (κ1) is 33.6. The number of nitrogens with one attached hydrogen (secondary N) is 3. The molecule has 49 heavy (non-hydrogen) atoms. The zero-order chi connectivity index (χ0) is 34.0. The van der Waals surface area contributed by atoms with Crippen molar-refractivity contribution < 1.29 is 14.4 Å². The van der Waals surface area contributed by atoms with Crippen molar-refractivity contribution in [1.29, 1.82) is 0 Å². The Morgan fingerprint density at radius 2 is 1.43 bits per heavy atom. The molecule has 0 spiro atoms. The highest BCUT2D eigenvalue weighted by molar-refractivity contribution is 9.10. The Hall–Kier alpha value is -5.29. The lowest BCUT2D eigenvalue weighted by atomic mass is 10.1. The van der Waals surface area contributed by atoms with Gasteiger partial charge in [-0.25, -0.2) is 4.98 Å². The van der Waals surface area contributed by atoms with Gasteiger partial charge < -0.3 is 16.0 Å². The predicted molar refractivity (Wildman–Crippen MR) is 202 cm³/mol. The van der Waals surface area contributed by atoms with E-state index in [2.05, 4.69) is 36.9 Å². The van der Waals surface area contributed by atoms with Gasteiger partial charge in [0.25, 0.3) is 11.8 Å². The molecule has 6 aromatic rings. The molecule has 3 N–H and O–H groups in total. The molecule has 7 nitrogen and oxygen atoms in total. The highest BCUT2D eigenvalue weighted by atomic mass is 79.9. The number of aromatic nitrogens is 1. The highest BCUT2D eigenvalue weighted by Crippen LogP contribution is 2.37. The van der Waals surface area contributed by atoms with E-state index in [1.807, 2.05) is 109 Å². The van der Waals surface area contributed by atoms with Crippen molar-refractivity contribution in [2.75, 3.05) is 10.6 Å². The van der Waals surface area contributed by atoms with Crippen LogP contribution in [0.5, 0.6) is 0 Å². The van der Waals surface area contributed by atoms with Crippen LogP contribution >= 0.6 is 39.0 Å². The van der Waals surface area contributed by atoms with Gasteiger partial charge in [-0.05, 0) is 65.7 Å². The van der Waals surface area contributed by atoms with Gasteiger partial charge in [0.2, 0.25) is 5.91 Å². The molecule has 3 amide bonds.